The maximum Gasteiger partial charge on any atom is 0.189 e. The van der Waals surface area contributed by atoms with Gasteiger partial charge in [-0.1, -0.05) is 17.7 Å². The van der Waals surface area contributed by atoms with Gasteiger partial charge in [-0.3, -0.25) is 10.9 Å². The number of methoxy groups -OCH3 is 1. The molecule has 0 fully saturated rings. The van der Waals surface area contributed by atoms with Gasteiger partial charge in [0.25, 0.3) is 0 Å². The van der Waals surface area contributed by atoms with Crippen LogP contribution in [-0.2, 0) is 0 Å². The molecule has 2 aromatic rings. The fraction of sp³-hybridized carbons (Fsp3) is 0.176. The number of nitrogens with one attached hydrogen (secondary N) is 4. The molecule has 8 heteroatoms. The highest BCUT2D eigenvalue weighted by atomic mass is 35.5. The topological polar surface area (TPSA) is 57.4 Å². The highest BCUT2D eigenvalue weighted by molar-refractivity contribution is 7.81. The van der Waals surface area contributed by atoms with Gasteiger partial charge in [-0.15, -0.1) is 0 Å². The SMILES string of the molecule is COc1ccc(NC(=S)NNC(=S)Nc2c(C)cc(C)cc2Cl)cc1. The number of hydrogen-bond donors (Lipinski definition) is 4. The molecule has 0 unspecified atom stereocenters. The van der Waals surface area contributed by atoms with E-state index >= 15 is 0 Å². The number of ether oxygens (including phenoxy) is 1. The summed E-state index contributed by atoms with van der Waals surface area (Å²) >= 11 is 16.7. The van der Waals surface area contributed by atoms with Crippen LogP contribution in [0.3, 0.4) is 0 Å². The van der Waals surface area contributed by atoms with Crippen molar-refractivity contribution in [2.75, 3.05) is 17.7 Å². The average Bonchev–Trinajstić information content (AvgIpc) is 2.57. The van der Waals surface area contributed by atoms with Gasteiger partial charge in [0.2, 0.25) is 0 Å². The van der Waals surface area contributed by atoms with Gasteiger partial charge in [-0.25, -0.2) is 0 Å². The van der Waals surface area contributed by atoms with E-state index in [0.29, 0.717) is 15.2 Å². The third-order valence-corrected chi connectivity index (χ3v) is 4.01. The van der Waals surface area contributed by atoms with Crippen molar-refractivity contribution in [3.05, 3.63) is 52.5 Å². The summed E-state index contributed by atoms with van der Waals surface area (Å²) in [7, 11) is 1.62. The van der Waals surface area contributed by atoms with Crippen molar-refractivity contribution in [2.24, 2.45) is 0 Å². The summed E-state index contributed by atoms with van der Waals surface area (Å²) in [6.45, 7) is 3.96. The first-order valence-electron chi connectivity index (χ1n) is 7.44. The minimum Gasteiger partial charge on any atom is -0.497 e. The van der Waals surface area contributed by atoms with Gasteiger partial charge >= 0.3 is 0 Å². The van der Waals surface area contributed by atoms with Crippen molar-refractivity contribution in [3.63, 3.8) is 0 Å². The molecule has 0 aliphatic carbocycles. The Bertz CT molecular complexity index is 758. The lowest BCUT2D eigenvalue weighted by molar-refractivity contribution is 0.415. The summed E-state index contributed by atoms with van der Waals surface area (Å²) in [4.78, 5) is 0. The number of hydrogen-bond acceptors (Lipinski definition) is 3. The molecular weight excluding hydrogens is 376 g/mol. The van der Waals surface area contributed by atoms with Gasteiger partial charge in [-0.05, 0) is 79.7 Å². The fourth-order valence-electron chi connectivity index (χ4n) is 2.17. The van der Waals surface area contributed by atoms with Crippen LogP contribution in [0.4, 0.5) is 11.4 Å². The molecule has 4 N–H and O–H groups in total. The Morgan fingerprint density at radius 3 is 2.12 bits per heavy atom. The third-order valence-electron chi connectivity index (χ3n) is 3.31. The van der Waals surface area contributed by atoms with Crippen molar-refractivity contribution >= 4 is 57.6 Å². The minimum atomic E-state index is 0.354. The number of thiocarbonyl (C=S) groups is 2. The fourth-order valence-corrected chi connectivity index (χ4v) is 2.86. The van der Waals surface area contributed by atoms with Crippen molar-refractivity contribution in [3.8, 4) is 5.75 Å². The molecule has 0 radical (unpaired) electrons. The molecule has 132 valence electrons. The molecule has 0 saturated heterocycles. The molecule has 0 heterocycles. The van der Waals surface area contributed by atoms with Crippen molar-refractivity contribution in [2.45, 2.75) is 13.8 Å². The third kappa shape index (κ3) is 5.74. The lowest BCUT2D eigenvalue weighted by Crippen LogP contribution is -2.45. The van der Waals surface area contributed by atoms with Crippen LogP contribution in [-0.4, -0.2) is 17.3 Å². The van der Waals surface area contributed by atoms with E-state index < -0.39 is 0 Å². The number of anilines is 2. The number of rotatable bonds is 3. The second-order valence-corrected chi connectivity index (χ2v) is 6.55. The lowest BCUT2D eigenvalue weighted by Gasteiger charge is -2.16. The van der Waals surface area contributed by atoms with Gasteiger partial charge < -0.3 is 15.4 Å². The summed E-state index contributed by atoms with van der Waals surface area (Å²) < 4.78 is 5.11. The average molecular weight is 395 g/mol. The number of benzene rings is 2. The highest BCUT2D eigenvalue weighted by Gasteiger charge is 2.07. The second kappa shape index (κ2) is 8.84. The quantitative estimate of drug-likeness (QED) is 0.460. The zero-order valence-electron chi connectivity index (χ0n) is 14.1. The van der Waals surface area contributed by atoms with Crippen LogP contribution in [0.25, 0.3) is 0 Å². The predicted molar refractivity (Wildman–Crippen MR) is 113 cm³/mol. The van der Waals surface area contributed by atoms with E-state index in [1.54, 1.807) is 7.11 Å². The molecular formula is C17H19ClN4OS2. The molecule has 0 bridgehead atoms. The van der Waals surface area contributed by atoms with E-state index in [-0.39, 0.29) is 0 Å². The zero-order chi connectivity index (χ0) is 18.4. The molecule has 0 spiro atoms. The summed E-state index contributed by atoms with van der Waals surface area (Å²) in [6, 6.07) is 11.3. The molecule has 0 aromatic heterocycles. The molecule has 2 rings (SSSR count). The smallest absolute Gasteiger partial charge is 0.189 e. The summed E-state index contributed by atoms with van der Waals surface area (Å²) in [5.74, 6) is 0.776. The van der Waals surface area contributed by atoms with E-state index in [1.165, 1.54) is 0 Å². The van der Waals surface area contributed by atoms with Crippen LogP contribution in [0.2, 0.25) is 5.02 Å². The van der Waals surface area contributed by atoms with E-state index in [1.807, 2.05) is 50.2 Å². The van der Waals surface area contributed by atoms with Gasteiger partial charge in [0.15, 0.2) is 10.2 Å². The largest absolute Gasteiger partial charge is 0.497 e. The number of aryl methyl sites for hydroxylation is 2. The van der Waals surface area contributed by atoms with Crippen LogP contribution in [0.1, 0.15) is 11.1 Å². The van der Waals surface area contributed by atoms with E-state index in [0.717, 1.165) is 28.3 Å². The molecule has 25 heavy (non-hydrogen) atoms. The normalized spacial score (nSPS) is 9.92. The molecule has 2 aromatic carbocycles. The molecule has 0 aliphatic rings. The monoisotopic (exact) mass is 394 g/mol. The predicted octanol–water partition coefficient (Wildman–Crippen LogP) is 4.15. The Morgan fingerprint density at radius 1 is 0.960 bits per heavy atom. The van der Waals surface area contributed by atoms with Crippen LogP contribution in [0.15, 0.2) is 36.4 Å². The van der Waals surface area contributed by atoms with E-state index in [4.69, 9.17) is 40.8 Å². The Hall–Kier alpha value is -2.09. The van der Waals surface area contributed by atoms with Crippen LogP contribution >= 0.6 is 36.0 Å². The number of halogens is 1. The Labute approximate surface area is 163 Å². The summed E-state index contributed by atoms with van der Waals surface area (Å²) in [6.07, 6.45) is 0. The van der Waals surface area contributed by atoms with Gasteiger partial charge in [0, 0.05) is 5.69 Å². The molecule has 0 aliphatic heterocycles. The van der Waals surface area contributed by atoms with Crippen molar-refractivity contribution in [1.82, 2.24) is 10.9 Å². The maximum absolute atomic E-state index is 6.25. The minimum absolute atomic E-state index is 0.354. The Morgan fingerprint density at radius 2 is 1.56 bits per heavy atom. The molecule has 0 atom stereocenters. The first-order valence-corrected chi connectivity index (χ1v) is 8.63. The standard InChI is InChI=1S/C17H19ClN4OS2/c1-10-8-11(2)15(14(18)9-10)20-17(25)22-21-16(24)19-12-4-6-13(23-3)7-5-12/h4-9H,1-3H3,(H2,19,21,24)(H2,20,22,25). The van der Waals surface area contributed by atoms with E-state index in [9.17, 15) is 0 Å². The summed E-state index contributed by atoms with van der Waals surface area (Å²) in [5, 5.41) is 7.44. The lowest BCUT2D eigenvalue weighted by atomic mass is 10.1. The van der Waals surface area contributed by atoms with Crippen molar-refractivity contribution < 1.29 is 4.74 Å². The molecule has 0 saturated carbocycles. The number of hydrazine groups is 1. The van der Waals surface area contributed by atoms with Crippen molar-refractivity contribution in [1.29, 1.82) is 0 Å². The molecule has 5 nitrogen and oxygen atoms in total. The van der Waals surface area contributed by atoms with Gasteiger partial charge in [0.1, 0.15) is 5.75 Å². The maximum atomic E-state index is 6.25. The Kier molecular flexibility index (Phi) is 6.81. The zero-order valence-corrected chi connectivity index (χ0v) is 16.5. The van der Waals surface area contributed by atoms with Crippen LogP contribution < -0.4 is 26.2 Å². The van der Waals surface area contributed by atoms with E-state index in [2.05, 4.69) is 21.5 Å². The summed E-state index contributed by atoms with van der Waals surface area (Å²) in [5.41, 5.74) is 9.34. The first kappa shape index (κ1) is 19.2. The Balaban J connectivity index is 1.86. The highest BCUT2D eigenvalue weighted by Crippen LogP contribution is 2.27. The van der Waals surface area contributed by atoms with Crippen LogP contribution in [0, 0.1) is 13.8 Å². The first-order chi connectivity index (χ1) is 11.9. The van der Waals surface area contributed by atoms with Gasteiger partial charge in [-0.2, -0.15) is 0 Å². The molecule has 0 amide bonds. The second-order valence-electron chi connectivity index (χ2n) is 5.33. The van der Waals surface area contributed by atoms with Gasteiger partial charge in [0.05, 0.1) is 17.8 Å². The van der Waals surface area contributed by atoms with Crippen LogP contribution in [0.5, 0.6) is 5.75 Å².